The van der Waals surface area contributed by atoms with Crippen molar-refractivity contribution in [3.8, 4) is 5.75 Å². The van der Waals surface area contributed by atoms with E-state index >= 15 is 0 Å². The molecule has 5 nitrogen and oxygen atoms in total. The topological polar surface area (TPSA) is 63.2 Å². The van der Waals surface area contributed by atoms with Crippen LogP contribution in [0, 0.1) is 5.92 Å². The Morgan fingerprint density at radius 1 is 1.48 bits per heavy atom. The molecule has 1 amide bonds. The Labute approximate surface area is 146 Å². The summed E-state index contributed by atoms with van der Waals surface area (Å²) in [5, 5.41) is 6.55. The standard InChI is InChI=1S/C16H18F3N3O2S/c1-9-6-10(4-5-20-9)14(23)22-15-21-12-3-2-11(7-13(12)25-15)24-8-16(17,18)19/h2-3,7,9-10,20H,4-6,8H2,1H3,(H,21,22,23)/t9-,10-/m0/s1. The third kappa shape index (κ3) is 4.82. The van der Waals surface area contributed by atoms with Crippen LogP contribution in [0.15, 0.2) is 18.2 Å². The highest BCUT2D eigenvalue weighted by molar-refractivity contribution is 7.22. The Morgan fingerprint density at radius 2 is 2.28 bits per heavy atom. The molecule has 1 saturated heterocycles. The molecule has 136 valence electrons. The van der Waals surface area contributed by atoms with E-state index in [1.165, 1.54) is 23.5 Å². The van der Waals surface area contributed by atoms with Gasteiger partial charge in [-0.2, -0.15) is 13.2 Å². The summed E-state index contributed by atoms with van der Waals surface area (Å²) in [4.78, 5) is 16.7. The van der Waals surface area contributed by atoms with Gasteiger partial charge in [-0.05, 0) is 44.5 Å². The van der Waals surface area contributed by atoms with Gasteiger partial charge in [-0.25, -0.2) is 4.98 Å². The first-order valence-corrected chi connectivity index (χ1v) is 8.76. The average molecular weight is 373 g/mol. The second-order valence-electron chi connectivity index (χ2n) is 6.12. The van der Waals surface area contributed by atoms with E-state index in [-0.39, 0.29) is 17.6 Å². The molecule has 2 N–H and O–H groups in total. The third-order valence-corrected chi connectivity index (χ3v) is 4.92. The van der Waals surface area contributed by atoms with E-state index in [1.54, 1.807) is 6.07 Å². The van der Waals surface area contributed by atoms with Crippen molar-refractivity contribution in [2.45, 2.75) is 32.0 Å². The van der Waals surface area contributed by atoms with Gasteiger partial charge in [0.25, 0.3) is 0 Å². The van der Waals surface area contributed by atoms with E-state index in [0.29, 0.717) is 21.4 Å². The van der Waals surface area contributed by atoms with E-state index in [4.69, 9.17) is 4.74 Å². The number of carbonyl (C=O) groups excluding carboxylic acids is 1. The number of nitrogens with zero attached hydrogens (tertiary/aromatic N) is 1. The van der Waals surface area contributed by atoms with Gasteiger partial charge in [0.1, 0.15) is 5.75 Å². The molecule has 25 heavy (non-hydrogen) atoms. The van der Waals surface area contributed by atoms with Crippen LogP contribution >= 0.6 is 11.3 Å². The highest BCUT2D eigenvalue weighted by Gasteiger charge is 2.28. The van der Waals surface area contributed by atoms with Crippen LogP contribution in [0.5, 0.6) is 5.75 Å². The van der Waals surface area contributed by atoms with Crippen molar-refractivity contribution in [1.29, 1.82) is 0 Å². The largest absolute Gasteiger partial charge is 0.484 e. The Morgan fingerprint density at radius 3 is 3.00 bits per heavy atom. The van der Waals surface area contributed by atoms with E-state index in [2.05, 4.69) is 15.6 Å². The number of rotatable bonds is 4. The number of nitrogens with one attached hydrogen (secondary N) is 2. The van der Waals surface area contributed by atoms with Gasteiger partial charge in [0.2, 0.25) is 5.91 Å². The Kier molecular flexibility index (Phi) is 5.14. The summed E-state index contributed by atoms with van der Waals surface area (Å²) in [6.07, 6.45) is -2.84. The van der Waals surface area contributed by atoms with Crippen LogP contribution in [-0.2, 0) is 4.79 Å². The maximum Gasteiger partial charge on any atom is 0.422 e. The van der Waals surface area contributed by atoms with E-state index < -0.39 is 12.8 Å². The fourth-order valence-electron chi connectivity index (χ4n) is 2.79. The highest BCUT2D eigenvalue weighted by atomic mass is 32.1. The van der Waals surface area contributed by atoms with Crippen LogP contribution in [0.3, 0.4) is 0 Å². The lowest BCUT2D eigenvalue weighted by atomic mass is 9.93. The number of thiazole rings is 1. The number of anilines is 1. The Bertz CT molecular complexity index is 763. The molecule has 0 aliphatic carbocycles. The highest BCUT2D eigenvalue weighted by Crippen LogP contribution is 2.30. The molecule has 1 aromatic heterocycles. The van der Waals surface area contributed by atoms with Crippen molar-refractivity contribution in [2.24, 2.45) is 5.92 Å². The van der Waals surface area contributed by atoms with Crippen LogP contribution in [0.4, 0.5) is 18.3 Å². The molecule has 2 aromatic rings. The smallest absolute Gasteiger partial charge is 0.422 e. The van der Waals surface area contributed by atoms with Gasteiger partial charge in [0.05, 0.1) is 10.2 Å². The number of hydrogen-bond acceptors (Lipinski definition) is 5. The lowest BCUT2D eigenvalue weighted by Crippen LogP contribution is -2.40. The lowest BCUT2D eigenvalue weighted by molar-refractivity contribution is -0.153. The summed E-state index contributed by atoms with van der Waals surface area (Å²) < 4.78 is 42.1. The van der Waals surface area contributed by atoms with Crippen molar-refractivity contribution < 1.29 is 22.7 Å². The van der Waals surface area contributed by atoms with Crippen molar-refractivity contribution >= 4 is 32.6 Å². The molecule has 1 aromatic carbocycles. The molecule has 2 heterocycles. The number of ether oxygens (including phenoxy) is 1. The molecule has 0 spiro atoms. The van der Waals surface area contributed by atoms with Crippen LogP contribution in [-0.4, -0.2) is 36.3 Å². The predicted octanol–water partition coefficient (Wildman–Crippen LogP) is 3.56. The zero-order valence-corrected chi connectivity index (χ0v) is 14.3. The van der Waals surface area contributed by atoms with Gasteiger partial charge >= 0.3 is 6.18 Å². The van der Waals surface area contributed by atoms with E-state index in [0.717, 1.165) is 19.4 Å². The predicted molar refractivity (Wildman–Crippen MR) is 90.0 cm³/mol. The van der Waals surface area contributed by atoms with Crippen LogP contribution in [0.1, 0.15) is 19.8 Å². The number of halogens is 3. The summed E-state index contributed by atoms with van der Waals surface area (Å²) in [5.41, 5.74) is 0.610. The number of benzene rings is 1. The molecule has 9 heteroatoms. The van der Waals surface area contributed by atoms with Crippen molar-refractivity contribution in [3.05, 3.63) is 18.2 Å². The molecule has 0 saturated carbocycles. The minimum absolute atomic E-state index is 0.0612. The summed E-state index contributed by atoms with van der Waals surface area (Å²) in [6, 6.07) is 4.82. The second kappa shape index (κ2) is 7.17. The molecular formula is C16H18F3N3O2S. The second-order valence-corrected chi connectivity index (χ2v) is 7.15. The fraction of sp³-hybridized carbons (Fsp3) is 0.500. The van der Waals surface area contributed by atoms with Gasteiger partial charge < -0.3 is 15.4 Å². The van der Waals surface area contributed by atoms with Gasteiger partial charge in [-0.3, -0.25) is 4.79 Å². The molecular weight excluding hydrogens is 355 g/mol. The normalized spacial score (nSPS) is 21.3. The lowest BCUT2D eigenvalue weighted by Gasteiger charge is -2.26. The Balaban J connectivity index is 1.67. The molecule has 1 aliphatic heterocycles. The van der Waals surface area contributed by atoms with Gasteiger partial charge in [0.15, 0.2) is 11.7 Å². The average Bonchev–Trinajstić information content (AvgIpc) is 2.93. The summed E-state index contributed by atoms with van der Waals surface area (Å²) >= 11 is 1.22. The maximum absolute atomic E-state index is 12.3. The van der Waals surface area contributed by atoms with Gasteiger partial charge in [-0.1, -0.05) is 11.3 Å². The number of fused-ring (bicyclic) bond motifs is 1. The minimum Gasteiger partial charge on any atom is -0.484 e. The SMILES string of the molecule is C[C@H]1C[C@@H](C(=O)Nc2nc3ccc(OCC(F)(F)F)cc3s2)CCN1. The first-order chi connectivity index (χ1) is 11.8. The quantitative estimate of drug-likeness (QED) is 0.860. The zero-order valence-electron chi connectivity index (χ0n) is 13.5. The third-order valence-electron chi connectivity index (χ3n) is 3.99. The van der Waals surface area contributed by atoms with Crippen molar-refractivity contribution in [1.82, 2.24) is 10.3 Å². The van der Waals surface area contributed by atoms with Gasteiger partial charge in [0, 0.05) is 12.0 Å². The maximum atomic E-state index is 12.3. The summed E-state index contributed by atoms with van der Waals surface area (Å²) in [5.74, 6) is -0.00609. The number of piperidine rings is 1. The van der Waals surface area contributed by atoms with Gasteiger partial charge in [-0.15, -0.1) is 0 Å². The van der Waals surface area contributed by atoms with E-state index in [1.807, 2.05) is 6.92 Å². The van der Waals surface area contributed by atoms with Crippen molar-refractivity contribution in [3.63, 3.8) is 0 Å². The fourth-order valence-corrected chi connectivity index (χ4v) is 3.69. The van der Waals surface area contributed by atoms with Crippen LogP contribution < -0.4 is 15.4 Å². The molecule has 1 aliphatic rings. The van der Waals surface area contributed by atoms with Crippen LogP contribution in [0.2, 0.25) is 0 Å². The monoisotopic (exact) mass is 373 g/mol. The molecule has 2 atom stereocenters. The number of hydrogen-bond donors (Lipinski definition) is 2. The zero-order chi connectivity index (χ0) is 18.0. The molecule has 0 bridgehead atoms. The summed E-state index contributed by atoms with van der Waals surface area (Å²) in [6.45, 7) is 1.51. The van der Waals surface area contributed by atoms with Crippen molar-refractivity contribution in [2.75, 3.05) is 18.5 Å². The number of carbonyl (C=O) groups is 1. The summed E-state index contributed by atoms with van der Waals surface area (Å²) in [7, 11) is 0. The number of aromatic nitrogens is 1. The number of amides is 1. The first-order valence-electron chi connectivity index (χ1n) is 7.94. The molecule has 0 radical (unpaired) electrons. The Hall–Kier alpha value is -1.87. The molecule has 0 unspecified atom stereocenters. The number of alkyl halides is 3. The molecule has 3 rings (SSSR count). The molecule has 1 fully saturated rings. The minimum atomic E-state index is -4.38. The van der Waals surface area contributed by atoms with Crippen LogP contribution in [0.25, 0.3) is 10.2 Å². The first kappa shape index (κ1) is 17.9. The van der Waals surface area contributed by atoms with E-state index in [9.17, 15) is 18.0 Å².